The topological polar surface area (TPSA) is 49.3 Å². The quantitative estimate of drug-likeness (QED) is 0.703. The van der Waals surface area contributed by atoms with E-state index in [0.717, 1.165) is 10.6 Å². The van der Waals surface area contributed by atoms with E-state index in [9.17, 15) is 9.90 Å². The summed E-state index contributed by atoms with van der Waals surface area (Å²) in [7, 11) is 0. The molecule has 1 aromatic heterocycles. The number of aliphatic hydroxyl groups is 1. The minimum atomic E-state index is -0.376. The van der Waals surface area contributed by atoms with Gasteiger partial charge in [-0.15, -0.1) is 23.1 Å². The number of hydrogen-bond acceptors (Lipinski definition) is 4. The summed E-state index contributed by atoms with van der Waals surface area (Å²) in [5, 5.41) is 14.8. The Kier molecular flexibility index (Phi) is 7.15. The van der Waals surface area contributed by atoms with Crippen LogP contribution in [0.15, 0.2) is 46.7 Å². The molecule has 0 saturated carbocycles. The van der Waals surface area contributed by atoms with Gasteiger partial charge >= 0.3 is 0 Å². The van der Waals surface area contributed by atoms with Crippen molar-refractivity contribution in [1.29, 1.82) is 0 Å². The van der Waals surface area contributed by atoms with Crippen LogP contribution in [0, 0.1) is 5.92 Å². The number of thiophene rings is 1. The van der Waals surface area contributed by atoms with Crippen molar-refractivity contribution in [3.8, 4) is 0 Å². The van der Waals surface area contributed by atoms with Crippen molar-refractivity contribution in [1.82, 2.24) is 5.32 Å². The number of nitrogens with one attached hydrogen (secondary N) is 1. The molecule has 2 aromatic rings. The Bertz CT molecular complexity index is 611. The van der Waals surface area contributed by atoms with E-state index in [2.05, 4.69) is 16.8 Å². The minimum Gasteiger partial charge on any atom is -0.393 e. The molecule has 1 aromatic carbocycles. The van der Waals surface area contributed by atoms with Gasteiger partial charge in [-0.3, -0.25) is 4.79 Å². The number of carbonyl (C=O) groups excluding carboxylic acids is 1. The van der Waals surface area contributed by atoms with Gasteiger partial charge in [0.1, 0.15) is 0 Å². The third kappa shape index (κ3) is 5.68. The first-order chi connectivity index (χ1) is 11.1. The molecule has 23 heavy (non-hydrogen) atoms. The van der Waals surface area contributed by atoms with Crippen LogP contribution in [0.5, 0.6) is 0 Å². The summed E-state index contributed by atoms with van der Waals surface area (Å²) >= 11 is 3.40. The van der Waals surface area contributed by atoms with Gasteiger partial charge in [-0.25, -0.2) is 0 Å². The van der Waals surface area contributed by atoms with Gasteiger partial charge in [-0.1, -0.05) is 32.0 Å². The predicted octanol–water partition coefficient (Wildman–Crippen LogP) is 4.18. The third-order valence-corrected chi connectivity index (χ3v) is 5.76. The Labute approximate surface area is 146 Å². The summed E-state index contributed by atoms with van der Waals surface area (Å²) in [5.41, 5.74) is 0.702. The Morgan fingerprint density at radius 3 is 2.74 bits per heavy atom. The van der Waals surface area contributed by atoms with Crippen LogP contribution in [0.1, 0.15) is 35.5 Å². The highest BCUT2D eigenvalue weighted by atomic mass is 32.2. The van der Waals surface area contributed by atoms with Crippen LogP contribution in [0.4, 0.5) is 0 Å². The van der Waals surface area contributed by atoms with Gasteiger partial charge in [0, 0.05) is 22.1 Å². The fraction of sp³-hybridized carbons (Fsp3) is 0.389. The van der Waals surface area contributed by atoms with Crippen molar-refractivity contribution in [2.24, 2.45) is 5.92 Å². The molecule has 2 rings (SSSR count). The van der Waals surface area contributed by atoms with Crippen molar-refractivity contribution in [3.63, 3.8) is 0 Å². The fourth-order valence-electron chi connectivity index (χ4n) is 2.09. The second-order valence-electron chi connectivity index (χ2n) is 5.72. The largest absolute Gasteiger partial charge is 0.393 e. The maximum absolute atomic E-state index is 12.4. The summed E-state index contributed by atoms with van der Waals surface area (Å²) in [6, 6.07) is 11.8. The number of thioether (sulfide) groups is 1. The predicted molar refractivity (Wildman–Crippen MR) is 98.1 cm³/mol. The van der Waals surface area contributed by atoms with Gasteiger partial charge in [-0.2, -0.15) is 0 Å². The first kappa shape index (κ1) is 18.0. The van der Waals surface area contributed by atoms with E-state index in [4.69, 9.17) is 0 Å². The zero-order chi connectivity index (χ0) is 16.7. The number of hydrogen-bond donors (Lipinski definition) is 2. The average molecular weight is 350 g/mol. The maximum atomic E-state index is 12.4. The smallest absolute Gasteiger partial charge is 0.252 e. The lowest BCUT2D eigenvalue weighted by Crippen LogP contribution is -2.29. The fourth-order valence-corrected chi connectivity index (χ4v) is 3.91. The van der Waals surface area contributed by atoms with Crippen molar-refractivity contribution in [2.75, 3.05) is 6.54 Å². The van der Waals surface area contributed by atoms with E-state index >= 15 is 0 Å². The molecule has 1 atom stereocenters. The molecule has 3 nitrogen and oxygen atoms in total. The average Bonchev–Trinajstić information content (AvgIpc) is 3.06. The van der Waals surface area contributed by atoms with Gasteiger partial charge in [0.05, 0.1) is 11.7 Å². The summed E-state index contributed by atoms with van der Waals surface area (Å²) < 4.78 is 0. The highest BCUT2D eigenvalue weighted by molar-refractivity contribution is 7.98. The number of amides is 1. The molecule has 0 aliphatic heterocycles. The Morgan fingerprint density at radius 1 is 1.26 bits per heavy atom. The van der Waals surface area contributed by atoms with Crippen LogP contribution in [0.25, 0.3) is 0 Å². The second kappa shape index (κ2) is 9.11. The molecule has 124 valence electrons. The first-order valence-corrected chi connectivity index (χ1v) is 9.65. The van der Waals surface area contributed by atoms with Crippen molar-refractivity contribution >= 4 is 29.0 Å². The van der Waals surface area contributed by atoms with Gasteiger partial charge in [0.15, 0.2) is 0 Å². The molecule has 0 saturated heterocycles. The Morgan fingerprint density at radius 2 is 2.04 bits per heavy atom. The lowest BCUT2D eigenvalue weighted by atomic mass is 10.0. The van der Waals surface area contributed by atoms with Gasteiger partial charge < -0.3 is 10.4 Å². The molecule has 2 N–H and O–H groups in total. The van der Waals surface area contributed by atoms with Gasteiger partial charge in [0.2, 0.25) is 0 Å². The monoisotopic (exact) mass is 349 g/mol. The van der Waals surface area contributed by atoms with Gasteiger partial charge in [-0.05, 0) is 35.9 Å². The molecule has 0 spiro atoms. The summed E-state index contributed by atoms with van der Waals surface area (Å²) in [5.74, 6) is 1.00. The summed E-state index contributed by atoms with van der Waals surface area (Å²) in [6.07, 6.45) is 0.201. The van der Waals surface area contributed by atoms with Crippen LogP contribution >= 0.6 is 23.1 Å². The zero-order valence-corrected chi connectivity index (χ0v) is 15.1. The van der Waals surface area contributed by atoms with E-state index in [1.165, 1.54) is 4.88 Å². The SMILES string of the molecule is CC(C)C(O)CCNC(=O)c1ccccc1SCc1cccs1. The van der Waals surface area contributed by atoms with Crippen LogP contribution in [-0.2, 0) is 5.75 Å². The highest BCUT2D eigenvalue weighted by Gasteiger charge is 2.13. The first-order valence-electron chi connectivity index (χ1n) is 7.78. The van der Waals surface area contributed by atoms with Crippen molar-refractivity contribution < 1.29 is 9.90 Å². The zero-order valence-electron chi connectivity index (χ0n) is 13.5. The van der Waals surface area contributed by atoms with E-state index in [1.54, 1.807) is 23.1 Å². The molecule has 0 aliphatic carbocycles. The molecule has 0 bridgehead atoms. The van der Waals surface area contributed by atoms with E-state index in [-0.39, 0.29) is 17.9 Å². The van der Waals surface area contributed by atoms with Crippen molar-refractivity contribution in [2.45, 2.75) is 37.0 Å². The molecule has 1 unspecified atom stereocenters. The third-order valence-electron chi connectivity index (χ3n) is 3.58. The molecular weight excluding hydrogens is 326 g/mol. The molecule has 0 aliphatic rings. The summed E-state index contributed by atoms with van der Waals surface area (Å²) in [6.45, 7) is 4.44. The van der Waals surface area contributed by atoms with E-state index in [1.807, 2.05) is 44.2 Å². The highest BCUT2D eigenvalue weighted by Crippen LogP contribution is 2.27. The van der Waals surface area contributed by atoms with E-state index in [0.29, 0.717) is 18.5 Å². The van der Waals surface area contributed by atoms with Gasteiger partial charge in [0.25, 0.3) is 5.91 Å². The van der Waals surface area contributed by atoms with Crippen LogP contribution in [0.2, 0.25) is 0 Å². The van der Waals surface area contributed by atoms with Crippen LogP contribution in [0.3, 0.4) is 0 Å². The number of benzene rings is 1. The molecule has 0 fully saturated rings. The summed E-state index contributed by atoms with van der Waals surface area (Å²) in [4.78, 5) is 14.7. The molecule has 1 amide bonds. The van der Waals surface area contributed by atoms with E-state index < -0.39 is 0 Å². The molecule has 5 heteroatoms. The van der Waals surface area contributed by atoms with Crippen LogP contribution in [-0.4, -0.2) is 23.7 Å². The number of rotatable bonds is 8. The maximum Gasteiger partial charge on any atom is 0.252 e. The molecule has 1 heterocycles. The number of aliphatic hydroxyl groups excluding tert-OH is 1. The second-order valence-corrected chi connectivity index (χ2v) is 7.77. The van der Waals surface area contributed by atoms with Crippen LogP contribution < -0.4 is 5.32 Å². The standard InChI is InChI=1S/C18H23NO2S2/c1-13(2)16(20)9-10-19-18(21)15-7-3-4-8-17(15)23-12-14-6-5-11-22-14/h3-8,11,13,16,20H,9-10,12H2,1-2H3,(H,19,21). The molecule has 0 radical (unpaired) electrons. The lowest BCUT2D eigenvalue weighted by molar-refractivity contribution is 0.0917. The lowest BCUT2D eigenvalue weighted by Gasteiger charge is -2.15. The Hall–Kier alpha value is -1.30. The Balaban J connectivity index is 1.92. The normalized spacial score (nSPS) is 12.3. The minimum absolute atomic E-state index is 0.0739. The van der Waals surface area contributed by atoms with Crippen molar-refractivity contribution in [3.05, 3.63) is 52.2 Å². The molecular formula is C18H23NO2S2. The number of carbonyl (C=O) groups is 1.